The smallest absolute Gasteiger partial charge is 0.270 e. The summed E-state index contributed by atoms with van der Waals surface area (Å²) in [5, 5.41) is 2.71. The fourth-order valence-corrected chi connectivity index (χ4v) is 2.81. The summed E-state index contributed by atoms with van der Waals surface area (Å²) in [4.78, 5) is 23.1. The maximum absolute atomic E-state index is 13.6. The van der Waals surface area contributed by atoms with Crippen molar-refractivity contribution < 1.29 is 9.18 Å². The monoisotopic (exact) mass is 328 g/mol. The number of hydrogen-bond donors (Lipinski definition) is 1. The van der Waals surface area contributed by atoms with Crippen LogP contribution in [-0.4, -0.2) is 29.0 Å². The van der Waals surface area contributed by atoms with Crippen molar-refractivity contribution in [3.63, 3.8) is 0 Å². The molecule has 0 bridgehead atoms. The van der Waals surface area contributed by atoms with E-state index < -0.39 is 0 Å². The zero-order chi connectivity index (χ0) is 16.8. The molecular weight excluding hydrogens is 307 g/mol. The van der Waals surface area contributed by atoms with E-state index in [9.17, 15) is 9.18 Å². The Balaban J connectivity index is 1.66. The molecule has 0 aliphatic carbocycles. The molecule has 1 aliphatic rings. The van der Waals surface area contributed by atoms with E-state index in [0.717, 1.165) is 25.9 Å². The van der Waals surface area contributed by atoms with Crippen LogP contribution in [0.3, 0.4) is 0 Å². The summed E-state index contributed by atoms with van der Waals surface area (Å²) in [6.07, 6.45) is 6.28. The van der Waals surface area contributed by atoms with Gasteiger partial charge in [0, 0.05) is 31.4 Å². The molecule has 0 atom stereocenters. The van der Waals surface area contributed by atoms with E-state index in [0.29, 0.717) is 17.2 Å². The van der Waals surface area contributed by atoms with E-state index in [-0.39, 0.29) is 18.3 Å². The molecule has 2 heterocycles. The maximum Gasteiger partial charge on any atom is 0.270 e. The highest BCUT2D eigenvalue weighted by atomic mass is 19.1. The van der Waals surface area contributed by atoms with Crippen molar-refractivity contribution in [2.75, 3.05) is 18.0 Å². The minimum absolute atomic E-state index is 0.133. The van der Waals surface area contributed by atoms with Gasteiger partial charge >= 0.3 is 0 Å². The zero-order valence-electron chi connectivity index (χ0n) is 13.5. The number of carbonyl (C=O) groups excluding carboxylic acids is 1. The normalized spacial score (nSPS) is 15.0. The van der Waals surface area contributed by atoms with Crippen molar-refractivity contribution in [2.45, 2.75) is 32.2 Å². The lowest BCUT2D eigenvalue weighted by molar-refractivity contribution is 0.0945. The van der Waals surface area contributed by atoms with Crippen LogP contribution in [0, 0.1) is 5.82 Å². The number of anilines is 1. The Bertz CT molecular complexity index is 699. The van der Waals surface area contributed by atoms with E-state index in [1.807, 2.05) is 0 Å². The highest BCUT2D eigenvalue weighted by Gasteiger charge is 2.15. The van der Waals surface area contributed by atoms with Crippen LogP contribution in [0.4, 0.5) is 10.3 Å². The number of hydrogen-bond acceptors (Lipinski definition) is 4. The van der Waals surface area contributed by atoms with Crippen LogP contribution in [0.2, 0.25) is 0 Å². The number of aromatic nitrogens is 2. The minimum Gasteiger partial charge on any atom is -0.347 e. The van der Waals surface area contributed by atoms with Gasteiger partial charge in [0.2, 0.25) is 5.95 Å². The topological polar surface area (TPSA) is 58.1 Å². The Morgan fingerprint density at radius 1 is 1.12 bits per heavy atom. The Morgan fingerprint density at radius 2 is 1.88 bits per heavy atom. The summed E-state index contributed by atoms with van der Waals surface area (Å²) in [5.41, 5.74) is 0.758. The second-order valence-electron chi connectivity index (χ2n) is 5.92. The first-order valence-corrected chi connectivity index (χ1v) is 8.33. The molecule has 0 spiro atoms. The molecule has 24 heavy (non-hydrogen) atoms. The van der Waals surface area contributed by atoms with Gasteiger partial charge in [-0.25, -0.2) is 14.4 Å². The van der Waals surface area contributed by atoms with E-state index in [1.54, 1.807) is 30.5 Å². The molecule has 3 rings (SSSR count). The van der Waals surface area contributed by atoms with Crippen LogP contribution in [0.25, 0.3) is 0 Å². The number of halogens is 1. The van der Waals surface area contributed by atoms with Crippen molar-refractivity contribution in [3.05, 3.63) is 53.6 Å². The fourth-order valence-electron chi connectivity index (χ4n) is 2.81. The quantitative estimate of drug-likeness (QED) is 0.937. The van der Waals surface area contributed by atoms with E-state index in [4.69, 9.17) is 0 Å². The molecule has 0 saturated carbocycles. The molecule has 1 amide bonds. The predicted molar refractivity (Wildman–Crippen MR) is 90.3 cm³/mol. The molecule has 0 radical (unpaired) electrons. The lowest BCUT2D eigenvalue weighted by Crippen LogP contribution is -2.28. The standard InChI is InChI=1S/C18H21FN4O/c19-15-8-4-3-7-14(15)13-21-17(24)16-9-10-20-18(22-16)23-11-5-1-2-6-12-23/h3-4,7-10H,1-2,5-6,11-13H2,(H,21,24). The van der Waals surface area contributed by atoms with E-state index in [1.165, 1.54) is 18.9 Å². The molecule has 1 aromatic carbocycles. The Hall–Kier alpha value is -2.50. The van der Waals surface area contributed by atoms with E-state index >= 15 is 0 Å². The number of amides is 1. The molecule has 1 aliphatic heterocycles. The highest BCUT2D eigenvalue weighted by molar-refractivity contribution is 5.92. The average molecular weight is 328 g/mol. The number of nitrogens with zero attached hydrogens (tertiary/aromatic N) is 3. The Kier molecular flexibility index (Phi) is 5.36. The fraction of sp³-hybridized carbons (Fsp3) is 0.389. The molecule has 6 heteroatoms. The van der Waals surface area contributed by atoms with Crippen LogP contribution >= 0.6 is 0 Å². The van der Waals surface area contributed by atoms with Gasteiger partial charge < -0.3 is 10.2 Å². The summed E-state index contributed by atoms with van der Waals surface area (Å²) in [6, 6.07) is 7.98. The van der Waals surface area contributed by atoms with Crippen LogP contribution in [0.5, 0.6) is 0 Å². The van der Waals surface area contributed by atoms with Crippen LogP contribution in [-0.2, 0) is 6.54 Å². The third-order valence-electron chi connectivity index (χ3n) is 4.16. The summed E-state index contributed by atoms with van der Waals surface area (Å²) >= 11 is 0. The molecule has 2 aromatic rings. The molecule has 1 fully saturated rings. The zero-order valence-corrected chi connectivity index (χ0v) is 13.5. The highest BCUT2D eigenvalue weighted by Crippen LogP contribution is 2.15. The molecule has 1 saturated heterocycles. The van der Waals surface area contributed by atoms with Crippen molar-refractivity contribution >= 4 is 11.9 Å². The second kappa shape index (κ2) is 7.86. The number of rotatable bonds is 4. The second-order valence-corrected chi connectivity index (χ2v) is 5.92. The first kappa shape index (κ1) is 16.4. The Morgan fingerprint density at radius 3 is 2.62 bits per heavy atom. The third kappa shape index (κ3) is 4.07. The molecule has 1 N–H and O–H groups in total. The summed E-state index contributed by atoms with van der Waals surface area (Å²) < 4.78 is 13.6. The van der Waals surface area contributed by atoms with Gasteiger partial charge in [-0.1, -0.05) is 31.0 Å². The van der Waals surface area contributed by atoms with Crippen molar-refractivity contribution in [1.82, 2.24) is 15.3 Å². The summed E-state index contributed by atoms with van der Waals surface area (Å²) in [5.74, 6) is -0.0575. The predicted octanol–water partition coefficient (Wildman–Crippen LogP) is 2.93. The SMILES string of the molecule is O=C(NCc1ccccc1F)c1ccnc(N2CCCCCC2)n1. The Labute approximate surface area is 140 Å². The lowest BCUT2D eigenvalue weighted by atomic mass is 10.2. The maximum atomic E-state index is 13.6. The minimum atomic E-state index is -0.328. The van der Waals surface area contributed by atoms with Crippen LogP contribution in [0.15, 0.2) is 36.5 Å². The van der Waals surface area contributed by atoms with Crippen LogP contribution in [0.1, 0.15) is 41.7 Å². The van der Waals surface area contributed by atoms with Crippen molar-refractivity contribution in [3.8, 4) is 0 Å². The number of benzene rings is 1. The van der Waals surface area contributed by atoms with Crippen LogP contribution < -0.4 is 10.2 Å². The van der Waals surface area contributed by atoms with Gasteiger partial charge in [-0.15, -0.1) is 0 Å². The number of carbonyl (C=O) groups is 1. The molecular formula is C18H21FN4O. The summed E-state index contributed by atoms with van der Waals surface area (Å²) in [6.45, 7) is 1.97. The largest absolute Gasteiger partial charge is 0.347 e. The first-order valence-electron chi connectivity index (χ1n) is 8.33. The van der Waals surface area contributed by atoms with Gasteiger partial charge in [0.25, 0.3) is 5.91 Å². The van der Waals surface area contributed by atoms with E-state index in [2.05, 4.69) is 20.2 Å². The van der Waals surface area contributed by atoms with Crippen molar-refractivity contribution in [2.24, 2.45) is 0 Å². The molecule has 5 nitrogen and oxygen atoms in total. The van der Waals surface area contributed by atoms with Crippen molar-refractivity contribution in [1.29, 1.82) is 0 Å². The van der Waals surface area contributed by atoms with Gasteiger partial charge in [-0.3, -0.25) is 4.79 Å². The van der Waals surface area contributed by atoms with Gasteiger partial charge in [0.1, 0.15) is 11.5 Å². The molecule has 1 aromatic heterocycles. The van der Waals surface area contributed by atoms with Gasteiger partial charge in [-0.05, 0) is 25.0 Å². The first-order chi connectivity index (χ1) is 11.7. The third-order valence-corrected chi connectivity index (χ3v) is 4.16. The van der Waals surface area contributed by atoms with Gasteiger partial charge in [0.15, 0.2) is 0 Å². The molecule has 126 valence electrons. The summed E-state index contributed by atoms with van der Waals surface area (Å²) in [7, 11) is 0. The average Bonchev–Trinajstić information content (AvgIpc) is 2.90. The lowest BCUT2D eigenvalue weighted by Gasteiger charge is -2.20. The van der Waals surface area contributed by atoms with Gasteiger partial charge in [-0.2, -0.15) is 0 Å². The molecule has 0 unspecified atom stereocenters. The number of nitrogens with one attached hydrogen (secondary N) is 1. The van der Waals surface area contributed by atoms with Gasteiger partial charge in [0.05, 0.1) is 0 Å².